The van der Waals surface area contributed by atoms with Gasteiger partial charge >= 0.3 is 0 Å². The zero-order valence-corrected chi connectivity index (χ0v) is 18.9. The van der Waals surface area contributed by atoms with E-state index in [0.717, 1.165) is 15.8 Å². The fourth-order valence-corrected chi connectivity index (χ4v) is 4.45. The Morgan fingerprint density at radius 3 is 2.48 bits per heavy atom. The van der Waals surface area contributed by atoms with Crippen molar-refractivity contribution in [3.63, 3.8) is 0 Å². The molecule has 2 aromatic rings. The molecule has 0 radical (unpaired) electrons. The minimum absolute atomic E-state index is 0.0144. The number of benzene rings is 1. The van der Waals surface area contributed by atoms with E-state index in [2.05, 4.69) is 4.90 Å². The molecule has 1 aliphatic rings. The van der Waals surface area contributed by atoms with E-state index in [0.29, 0.717) is 32.8 Å². The molecule has 0 unspecified atom stereocenters. The van der Waals surface area contributed by atoms with Crippen molar-refractivity contribution in [1.29, 1.82) is 0 Å². The number of thiophene rings is 1. The second-order valence-electron chi connectivity index (χ2n) is 6.89. The van der Waals surface area contributed by atoms with Crippen molar-refractivity contribution in [2.45, 2.75) is 6.54 Å². The molecule has 1 aromatic heterocycles. The smallest absolute Gasteiger partial charge is 0.286 e. The Bertz CT molecular complexity index is 930. The number of rotatable bonds is 9. The number of carbonyl (C=O) groups is 1. The maximum absolute atomic E-state index is 13.1. The van der Waals surface area contributed by atoms with Gasteiger partial charge in [-0.25, -0.2) is 0 Å². The lowest BCUT2D eigenvalue weighted by Crippen LogP contribution is -2.48. The molecule has 2 heterocycles. The molecule has 1 amide bonds. The van der Waals surface area contributed by atoms with Crippen LogP contribution in [0.1, 0.15) is 15.2 Å². The average molecular weight is 470 g/mol. The monoisotopic (exact) mass is 469 g/mol. The number of piperazine rings is 1. The molecule has 11 heteroatoms. The van der Waals surface area contributed by atoms with Crippen LogP contribution >= 0.6 is 22.9 Å². The molecule has 3 rings (SSSR count). The SMILES string of the molecule is COCCOc1cc([N+](=O)[O-])c(C(=O)N2CCN(Cc3ccc(Cl)s3)CC2)cc1OC. The summed E-state index contributed by atoms with van der Waals surface area (Å²) in [4.78, 5) is 29.2. The van der Waals surface area contributed by atoms with Gasteiger partial charge in [-0.3, -0.25) is 19.8 Å². The standard InChI is InChI=1S/C20H24ClN3O6S/c1-28-9-10-30-18-12-16(24(26)27)15(11-17(18)29-2)20(25)23-7-5-22(6-8-23)13-14-3-4-19(21)31-14/h3-4,11-12H,5-10,13H2,1-2H3. The van der Waals surface area contributed by atoms with Crippen LogP contribution in [0.3, 0.4) is 0 Å². The number of amides is 1. The van der Waals surface area contributed by atoms with Crippen LogP contribution in [0.25, 0.3) is 0 Å². The van der Waals surface area contributed by atoms with Crippen molar-refractivity contribution in [3.05, 3.63) is 49.2 Å². The Morgan fingerprint density at radius 2 is 1.90 bits per heavy atom. The maximum atomic E-state index is 13.1. The minimum atomic E-state index is -0.577. The molecular formula is C20H24ClN3O6S. The van der Waals surface area contributed by atoms with Crippen LogP contribution in [0.15, 0.2) is 24.3 Å². The predicted octanol–water partition coefficient (Wildman–Crippen LogP) is 3.30. The van der Waals surface area contributed by atoms with Gasteiger partial charge in [-0.15, -0.1) is 11.3 Å². The Labute approximate surface area is 189 Å². The molecule has 0 aliphatic carbocycles. The van der Waals surface area contributed by atoms with Gasteiger partial charge in [0.05, 0.1) is 29.0 Å². The number of hydrogen-bond donors (Lipinski definition) is 0. The largest absolute Gasteiger partial charge is 0.493 e. The van der Waals surface area contributed by atoms with Crippen LogP contribution in [-0.4, -0.2) is 74.2 Å². The van der Waals surface area contributed by atoms with E-state index in [1.165, 1.54) is 37.7 Å². The van der Waals surface area contributed by atoms with Crippen molar-refractivity contribution in [3.8, 4) is 11.5 Å². The minimum Gasteiger partial charge on any atom is -0.493 e. The Morgan fingerprint density at radius 1 is 1.16 bits per heavy atom. The molecule has 1 aliphatic heterocycles. The molecule has 0 N–H and O–H groups in total. The van der Waals surface area contributed by atoms with E-state index >= 15 is 0 Å². The number of nitro benzene ring substituents is 1. The first kappa shape index (κ1) is 23.3. The first-order valence-corrected chi connectivity index (χ1v) is 10.9. The molecule has 1 aromatic carbocycles. The molecular weight excluding hydrogens is 446 g/mol. The van der Waals surface area contributed by atoms with Gasteiger partial charge in [0.15, 0.2) is 11.5 Å². The highest BCUT2D eigenvalue weighted by atomic mass is 35.5. The van der Waals surface area contributed by atoms with Crippen LogP contribution in [-0.2, 0) is 11.3 Å². The topological polar surface area (TPSA) is 94.4 Å². The van der Waals surface area contributed by atoms with Crippen molar-refractivity contribution in [2.75, 3.05) is 53.6 Å². The summed E-state index contributed by atoms with van der Waals surface area (Å²) in [5, 5.41) is 11.6. The zero-order chi connectivity index (χ0) is 22.4. The van der Waals surface area contributed by atoms with Gasteiger partial charge in [-0.1, -0.05) is 11.6 Å². The Kier molecular flexibility index (Phi) is 8.08. The zero-order valence-electron chi connectivity index (χ0n) is 17.3. The lowest BCUT2D eigenvalue weighted by molar-refractivity contribution is -0.385. The summed E-state index contributed by atoms with van der Waals surface area (Å²) in [6, 6.07) is 6.48. The third-order valence-corrected chi connectivity index (χ3v) is 6.14. The molecule has 0 atom stereocenters. The van der Waals surface area contributed by atoms with Gasteiger partial charge in [-0.05, 0) is 12.1 Å². The predicted molar refractivity (Wildman–Crippen MR) is 118 cm³/mol. The molecule has 168 valence electrons. The number of halogens is 1. The summed E-state index contributed by atoms with van der Waals surface area (Å²) in [5.74, 6) is 0.0627. The molecule has 0 saturated carbocycles. The van der Waals surface area contributed by atoms with E-state index < -0.39 is 10.8 Å². The molecule has 0 spiro atoms. The summed E-state index contributed by atoms with van der Waals surface area (Å²) < 4.78 is 16.5. The summed E-state index contributed by atoms with van der Waals surface area (Å²) in [6.45, 7) is 3.58. The summed E-state index contributed by atoms with van der Waals surface area (Å²) in [7, 11) is 2.95. The fourth-order valence-electron chi connectivity index (χ4n) is 3.32. The summed E-state index contributed by atoms with van der Waals surface area (Å²) in [6.07, 6.45) is 0. The van der Waals surface area contributed by atoms with E-state index in [-0.39, 0.29) is 29.4 Å². The molecule has 9 nitrogen and oxygen atoms in total. The average Bonchev–Trinajstić information content (AvgIpc) is 3.18. The third-order valence-electron chi connectivity index (χ3n) is 4.92. The van der Waals surface area contributed by atoms with Gasteiger partial charge in [0, 0.05) is 50.8 Å². The second-order valence-corrected chi connectivity index (χ2v) is 8.69. The van der Waals surface area contributed by atoms with Crippen molar-refractivity contribution >= 4 is 34.5 Å². The lowest BCUT2D eigenvalue weighted by atomic mass is 10.1. The number of carbonyl (C=O) groups excluding carboxylic acids is 1. The van der Waals surface area contributed by atoms with E-state index in [1.54, 1.807) is 4.90 Å². The van der Waals surface area contributed by atoms with E-state index in [4.69, 9.17) is 25.8 Å². The van der Waals surface area contributed by atoms with Crippen LogP contribution in [0.5, 0.6) is 11.5 Å². The highest BCUT2D eigenvalue weighted by Crippen LogP contribution is 2.35. The third kappa shape index (κ3) is 5.85. The summed E-state index contributed by atoms with van der Waals surface area (Å²) >= 11 is 7.53. The van der Waals surface area contributed by atoms with E-state index in [9.17, 15) is 14.9 Å². The van der Waals surface area contributed by atoms with Crippen molar-refractivity contribution in [2.24, 2.45) is 0 Å². The van der Waals surface area contributed by atoms with Gasteiger partial charge in [-0.2, -0.15) is 0 Å². The van der Waals surface area contributed by atoms with E-state index in [1.807, 2.05) is 12.1 Å². The molecule has 1 saturated heterocycles. The number of methoxy groups -OCH3 is 2. The van der Waals surface area contributed by atoms with Gasteiger partial charge in [0.25, 0.3) is 11.6 Å². The van der Waals surface area contributed by atoms with Gasteiger partial charge in [0.1, 0.15) is 12.2 Å². The number of nitrogens with zero attached hydrogens (tertiary/aromatic N) is 3. The highest BCUT2D eigenvalue weighted by Gasteiger charge is 2.30. The van der Waals surface area contributed by atoms with Crippen LogP contribution in [0.4, 0.5) is 5.69 Å². The number of hydrogen-bond acceptors (Lipinski definition) is 8. The second kappa shape index (κ2) is 10.8. The highest BCUT2D eigenvalue weighted by molar-refractivity contribution is 7.16. The molecule has 0 bridgehead atoms. The van der Waals surface area contributed by atoms with Gasteiger partial charge in [0.2, 0.25) is 0 Å². The van der Waals surface area contributed by atoms with Crippen LogP contribution in [0, 0.1) is 10.1 Å². The Balaban J connectivity index is 1.72. The van der Waals surface area contributed by atoms with Crippen molar-refractivity contribution in [1.82, 2.24) is 9.80 Å². The first-order chi connectivity index (χ1) is 14.9. The van der Waals surface area contributed by atoms with Crippen molar-refractivity contribution < 1.29 is 23.9 Å². The lowest BCUT2D eigenvalue weighted by Gasteiger charge is -2.34. The molecule has 31 heavy (non-hydrogen) atoms. The molecule has 1 fully saturated rings. The summed E-state index contributed by atoms with van der Waals surface area (Å²) in [5.41, 5.74) is -0.326. The van der Waals surface area contributed by atoms with Gasteiger partial charge < -0.3 is 19.1 Å². The number of nitro groups is 1. The quantitative estimate of drug-likeness (QED) is 0.316. The van der Waals surface area contributed by atoms with Crippen LogP contribution < -0.4 is 9.47 Å². The van der Waals surface area contributed by atoms with Crippen LogP contribution in [0.2, 0.25) is 4.34 Å². The number of ether oxygens (including phenoxy) is 3. The maximum Gasteiger partial charge on any atom is 0.286 e. The Hall–Kier alpha value is -2.40. The normalized spacial score (nSPS) is 14.5. The first-order valence-electron chi connectivity index (χ1n) is 9.67. The fraction of sp³-hybridized carbons (Fsp3) is 0.450.